The molecule has 2 nitrogen and oxygen atoms in total. The van der Waals surface area contributed by atoms with E-state index in [1.165, 1.54) is 17.4 Å². The molecule has 0 amide bonds. The van der Waals surface area contributed by atoms with Gasteiger partial charge >= 0.3 is 49.4 Å². The van der Waals surface area contributed by atoms with Gasteiger partial charge in [-0.05, 0) is 36.4 Å². The van der Waals surface area contributed by atoms with E-state index < -0.39 is 206 Å². The van der Waals surface area contributed by atoms with E-state index in [2.05, 4.69) is 0 Å². The SMILES string of the molecule is FC(F)(F)c1cc([B-](c2cc(C(F)(F)F)cc(C(F)(F)F)c2)(c2cc(C(F)(F)F)cc(C(F)(F)F)c2)c2cc(C(F)(F)F)cc(C(F)(F)F)c2)cc(C(F)(F)F)c1.O=C(C[n+]1ccsc1)c1ccc(F)cc1F. The van der Waals surface area contributed by atoms with Crippen LogP contribution in [0.1, 0.15) is 54.9 Å². The van der Waals surface area contributed by atoms with Gasteiger partial charge in [0, 0.05) is 6.07 Å². The predicted octanol–water partition coefficient (Wildman–Crippen LogP) is 13.4. The molecule has 30 heteroatoms. The maximum absolute atomic E-state index is 14.2. The zero-order chi connectivity index (χ0) is 55.5. The molecule has 5 aromatic carbocycles. The topological polar surface area (TPSA) is 20.9 Å². The molecule has 394 valence electrons. The summed E-state index contributed by atoms with van der Waals surface area (Å²) in [6, 6.07) is -5.85. The number of alkyl halides is 24. The van der Waals surface area contributed by atoms with Crippen molar-refractivity contribution in [3.63, 3.8) is 0 Å². The lowest BCUT2D eigenvalue weighted by Crippen LogP contribution is -2.75. The van der Waals surface area contributed by atoms with E-state index in [1.54, 1.807) is 16.3 Å². The number of carbonyl (C=O) groups excluding carboxylic acids is 1. The lowest BCUT2D eigenvalue weighted by Gasteiger charge is -2.46. The van der Waals surface area contributed by atoms with Crippen molar-refractivity contribution >= 4 is 45.1 Å². The van der Waals surface area contributed by atoms with E-state index in [0.717, 1.165) is 6.07 Å². The van der Waals surface area contributed by atoms with Crippen molar-refractivity contribution in [3.8, 4) is 0 Å². The minimum absolute atomic E-state index is 0.0616. The minimum atomic E-state index is -6.13. The Morgan fingerprint density at radius 3 is 0.863 bits per heavy atom. The van der Waals surface area contributed by atoms with Crippen molar-refractivity contribution in [2.24, 2.45) is 0 Å². The number of ketones is 1. The van der Waals surface area contributed by atoms with Crippen LogP contribution in [0.4, 0.5) is 114 Å². The molecule has 0 unspecified atom stereocenters. The Balaban J connectivity index is 0.000000520. The fraction of sp³-hybridized carbons (Fsp3) is 0.209. The van der Waals surface area contributed by atoms with Gasteiger partial charge in [-0.2, -0.15) is 132 Å². The van der Waals surface area contributed by atoms with E-state index in [1.807, 2.05) is 5.38 Å². The van der Waals surface area contributed by atoms with Crippen molar-refractivity contribution in [2.45, 2.75) is 56.0 Å². The summed E-state index contributed by atoms with van der Waals surface area (Å²) < 4.78 is 368. The number of Topliss-reactive ketones (excluding diaryl/α,β-unsaturated/α-hetero) is 1. The number of thiazole rings is 1. The summed E-state index contributed by atoms with van der Waals surface area (Å²) in [4.78, 5) is 11.7. The number of aromatic nitrogens is 1. The Bertz CT molecular complexity index is 2540. The maximum Gasteiger partial charge on any atom is 0.416 e. The second-order valence-corrected chi connectivity index (χ2v) is 16.2. The fourth-order valence-electron chi connectivity index (χ4n) is 7.39. The van der Waals surface area contributed by atoms with Crippen molar-refractivity contribution in [3.05, 3.63) is 170 Å². The van der Waals surface area contributed by atoms with Gasteiger partial charge in [-0.15, -0.1) is 0 Å². The molecule has 0 atom stereocenters. The van der Waals surface area contributed by atoms with E-state index in [-0.39, 0.29) is 17.9 Å². The van der Waals surface area contributed by atoms with Crippen molar-refractivity contribution in [1.82, 2.24) is 0 Å². The first-order valence-electron chi connectivity index (χ1n) is 19.2. The van der Waals surface area contributed by atoms with Gasteiger partial charge in [-0.3, -0.25) is 4.79 Å². The standard InChI is InChI=1S/C32H12BF24.C11H8F2NOS/c34-25(35,36)13-1-14(26(37,38)39)6-21(5-13)33(22-7-15(27(40,41)42)2-16(8-22)28(43,44)45,23-9-17(29(46,47)48)3-18(10-23)30(49,50)51)24-11-19(31(52,53)54)4-20(12-24)32(55,56)57;12-8-1-2-9(10(13)5-8)11(15)6-14-3-4-16-7-14/h1-12H;1-5,7H,6H2/q-1;+1. The van der Waals surface area contributed by atoms with Gasteiger partial charge in [-0.1, -0.05) is 59.9 Å². The van der Waals surface area contributed by atoms with Gasteiger partial charge in [0.1, 0.15) is 17.8 Å². The molecule has 0 bridgehead atoms. The Morgan fingerprint density at radius 2 is 0.658 bits per heavy atom. The maximum atomic E-state index is 14.2. The Kier molecular flexibility index (Phi) is 15.4. The fourth-order valence-corrected chi connectivity index (χ4v) is 7.99. The summed E-state index contributed by atoms with van der Waals surface area (Å²) >= 11 is 1.44. The Hall–Kier alpha value is -6.36. The lowest BCUT2D eigenvalue weighted by molar-refractivity contribution is -0.678. The minimum Gasteiger partial charge on any atom is -0.287 e. The highest BCUT2D eigenvalue weighted by molar-refractivity contribution is 7.20. The van der Waals surface area contributed by atoms with Gasteiger partial charge in [0.2, 0.25) is 17.8 Å². The molecule has 0 radical (unpaired) electrons. The summed E-state index contributed by atoms with van der Waals surface area (Å²) in [6.07, 6.45) is -53.1. The van der Waals surface area contributed by atoms with Gasteiger partial charge in [0.15, 0.2) is 6.20 Å². The summed E-state index contributed by atoms with van der Waals surface area (Å²) in [5.41, 5.74) is -28.5. The van der Waals surface area contributed by atoms with E-state index >= 15 is 0 Å². The molecule has 0 aliphatic heterocycles. The zero-order valence-electron chi connectivity index (χ0n) is 34.8. The third-order valence-electron chi connectivity index (χ3n) is 10.5. The highest BCUT2D eigenvalue weighted by Gasteiger charge is 2.47. The molecule has 6 rings (SSSR count). The van der Waals surface area contributed by atoms with Crippen LogP contribution in [0.2, 0.25) is 0 Å². The largest absolute Gasteiger partial charge is 0.416 e. The van der Waals surface area contributed by atoms with Crippen LogP contribution in [0.3, 0.4) is 0 Å². The predicted molar refractivity (Wildman–Crippen MR) is 205 cm³/mol. The smallest absolute Gasteiger partial charge is 0.287 e. The van der Waals surface area contributed by atoms with Crippen LogP contribution in [0.5, 0.6) is 0 Å². The molecule has 0 saturated heterocycles. The number of nitrogens with zero attached hydrogens (tertiary/aromatic N) is 1. The molecule has 0 spiro atoms. The van der Waals surface area contributed by atoms with Crippen LogP contribution in [0, 0.1) is 11.6 Å². The van der Waals surface area contributed by atoms with E-state index in [9.17, 15) is 119 Å². The summed E-state index contributed by atoms with van der Waals surface area (Å²) in [5, 5.41) is 1.81. The quantitative estimate of drug-likeness (QED) is 0.0675. The molecule has 0 fully saturated rings. The first-order chi connectivity index (χ1) is 32.9. The molecule has 1 aromatic heterocycles. The van der Waals surface area contributed by atoms with Gasteiger partial charge < -0.3 is 0 Å². The monoisotopic (exact) mass is 1100 g/mol. The van der Waals surface area contributed by atoms with Crippen LogP contribution in [0.25, 0.3) is 0 Å². The van der Waals surface area contributed by atoms with Gasteiger partial charge in [0.25, 0.3) is 0 Å². The number of hydrogen-bond acceptors (Lipinski definition) is 2. The number of hydrogen-bond donors (Lipinski definition) is 0. The molecule has 0 N–H and O–H groups in total. The normalized spacial score (nSPS) is 13.5. The zero-order valence-corrected chi connectivity index (χ0v) is 35.6. The van der Waals surface area contributed by atoms with E-state index in [4.69, 9.17) is 0 Å². The molecule has 0 aliphatic rings. The second kappa shape index (κ2) is 19.5. The molecule has 1 heterocycles. The van der Waals surface area contributed by atoms with Gasteiger partial charge in [-0.25, -0.2) is 8.78 Å². The summed E-state index contributed by atoms with van der Waals surface area (Å²) in [6.45, 7) is 0.0616. The van der Waals surface area contributed by atoms with Crippen LogP contribution in [-0.2, 0) is 56.0 Å². The summed E-state index contributed by atoms with van der Waals surface area (Å²) in [5.74, 6) is -1.88. The number of benzene rings is 5. The van der Waals surface area contributed by atoms with Gasteiger partial charge in [0.05, 0.1) is 55.5 Å². The summed E-state index contributed by atoms with van der Waals surface area (Å²) in [7, 11) is 0. The van der Waals surface area contributed by atoms with Crippen LogP contribution in [0.15, 0.2) is 108 Å². The number of halogens is 26. The molecular weight excluding hydrogens is 1080 g/mol. The number of carbonyl (C=O) groups is 1. The average Bonchev–Trinajstić information content (AvgIpc) is 3.74. The first kappa shape index (κ1) is 57.5. The molecule has 6 aromatic rings. The molecule has 0 aliphatic carbocycles. The molecule has 0 saturated carbocycles. The van der Waals surface area contributed by atoms with E-state index in [0.29, 0.717) is 6.07 Å². The lowest BCUT2D eigenvalue weighted by atomic mass is 9.12. The Morgan fingerprint density at radius 1 is 0.397 bits per heavy atom. The first-order valence-corrected chi connectivity index (χ1v) is 20.1. The molecular formula is C43H20BF26NOS. The average molecular weight is 1100 g/mol. The van der Waals surface area contributed by atoms with Crippen LogP contribution >= 0.6 is 11.3 Å². The molecule has 73 heavy (non-hydrogen) atoms. The third kappa shape index (κ3) is 13.3. The highest BCUT2D eigenvalue weighted by atomic mass is 32.1. The van der Waals surface area contributed by atoms with Crippen molar-refractivity contribution in [1.29, 1.82) is 0 Å². The highest BCUT2D eigenvalue weighted by Crippen LogP contribution is 2.41. The number of rotatable bonds is 7. The third-order valence-corrected chi connectivity index (χ3v) is 11.2. The Labute approximate surface area is 394 Å². The van der Waals surface area contributed by atoms with Crippen molar-refractivity contribution < 1.29 is 124 Å². The van der Waals surface area contributed by atoms with Crippen LogP contribution < -0.4 is 26.4 Å². The van der Waals surface area contributed by atoms with Crippen molar-refractivity contribution in [2.75, 3.05) is 0 Å². The van der Waals surface area contributed by atoms with Crippen LogP contribution in [-0.4, -0.2) is 11.9 Å². The second-order valence-electron chi connectivity index (χ2n) is 15.5.